The Morgan fingerprint density at radius 1 is 1.00 bits per heavy atom. The quantitative estimate of drug-likeness (QED) is 0.736. The summed E-state index contributed by atoms with van der Waals surface area (Å²) in [5, 5.41) is 0. The van der Waals surface area contributed by atoms with E-state index >= 15 is 0 Å². The van der Waals surface area contributed by atoms with Crippen molar-refractivity contribution in [3.8, 4) is 0 Å². The topological polar surface area (TPSA) is 45.2 Å². The molecule has 0 aromatic heterocycles. The summed E-state index contributed by atoms with van der Waals surface area (Å²) in [4.78, 5) is 19.4. The highest BCUT2D eigenvalue weighted by atomic mass is 16.5. The summed E-state index contributed by atoms with van der Waals surface area (Å²) in [6.07, 6.45) is 2.27. The van der Waals surface area contributed by atoms with Gasteiger partial charge in [-0.25, -0.2) is 0 Å². The first kappa shape index (κ1) is 16.2. The molecule has 1 atom stereocenters. The molecule has 3 fully saturated rings. The Morgan fingerprint density at radius 3 is 2.36 bits per heavy atom. The largest absolute Gasteiger partial charge is 0.381 e. The van der Waals surface area contributed by atoms with E-state index in [9.17, 15) is 4.79 Å². The van der Waals surface area contributed by atoms with Crippen LogP contribution < -0.4 is 0 Å². The van der Waals surface area contributed by atoms with Crippen LogP contribution in [-0.4, -0.2) is 98.4 Å². The van der Waals surface area contributed by atoms with Gasteiger partial charge in [-0.05, 0) is 19.8 Å². The van der Waals surface area contributed by atoms with Gasteiger partial charge in [-0.2, -0.15) is 0 Å². The molecule has 0 N–H and O–H groups in total. The second-order valence-corrected chi connectivity index (χ2v) is 6.66. The summed E-state index contributed by atoms with van der Waals surface area (Å²) < 4.78 is 10.8. The molecular formula is C16H29N3O3. The first-order valence-electron chi connectivity index (χ1n) is 8.65. The van der Waals surface area contributed by atoms with Crippen LogP contribution >= 0.6 is 0 Å². The summed E-state index contributed by atoms with van der Waals surface area (Å²) >= 11 is 0. The van der Waals surface area contributed by atoms with Crippen molar-refractivity contribution < 1.29 is 14.3 Å². The van der Waals surface area contributed by atoms with E-state index < -0.39 is 0 Å². The van der Waals surface area contributed by atoms with Gasteiger partial charge in [0.25, 0.3) is 0 Å². The molecule has 0 saturated carbocycles. The maximum atomic E-state index is 12.6. The van der Waals surface area contributed by atoms with Crippen LogP contribution in [0.2, 0.25) is 0 Å². The molecule has 3 aliphatic rings. The minimum Gasteiger partial charge on any atom is -0.381 e. The van der Waals surface area contributed by atoms with Crippen molar-refractivity contribution in [1.82, 2.24) is 14.7 Å². The molecule has 0 spiro atoms. The Labute approximate surface area is 133 Å². The van der Waals surface area contributed by atoms with Crippen LogP contribution in [0.1, 0.15) is 19.8 Å². The van der Waals surface area contributed by atoms with Gasteiger partial charge in [0.15, 0.2) is 0 Å². The van der Waals surface area contributed by atoms with Gasteiger partial charge in [0, 0.05) is 58.0 Å². The second kappa shape index (κ2) is 7.73. The SMILES string of the molecule is C[C@@H]1CN(C2CCOCC2)CCN1C(=O)CN1CCOCC1. The predicted molar refractivity (Wildman–Crippen MR) is 83.8 cm³/mol. The summed E-state index contributed by atoms with van der Waals surface area (Å²) in [5.41, 5.74) is 0. The molecule has 0 aromatic rings. The Hall–Kier alpha value is -0.690. The van der Waals surface area contributed by atoms with Crippen LogP contribution in [0.15, 0.2) is 0 Å². The average Bonchev–Trinajstić information content (AvgIpc) is 2.56. The van der Waals surface area contributed by atoms with E-state index in [0.29, 0.717) is 18.6 Å². The van der Waals surface area contributed by atoms with Crippen LogP contribution in [0.3, 0.4) is 0 Å². The minimum absolute atomic E-state index is 0.279. The molecule has 0 aromatic carbocycles. The Balaban J connectivity index is 1.47. The van der Waals surface area contributed by atoms with Crippen molar-refractivity contribution in [2.75, 3.05) is 65.7 Å². The van der Waals surface area contributed by atoms with Crippen molar-refractivity contribution in [1.29, 1.82) is 0 Å². The van der Waals surface area contributed by atoms with E-state index in [1.54, 1.807) is 0 Å². The standard InChI is InChI=1S/C16H29N3O3/c1-14-12-18(15-2-8-21-9-3-15)4-5-19(14)16(20)13-17-6-10-22-11-7-17/h14-15H,2-13H2,1H3/t14-/m1/s1. The van der Waals surface area contributed by atoms with Gasteiger partial charge >= 0.3 is 0 Å². The fourth-order valence-corrected chi connectivity index (χ4v) is 3.78. The first-order chi connectivity index (χ1) is 10.7. The average molecular weight is 311 g/mol. The first-order valence-corrected chi connectivity index (χ1v) is 8.65. The number of piperazine rings is 1. The van der Waals surface area contributed by atoms with Crippen molar-refractivity contribution in [2.45, 2.75) is 31.8 Å². The van der Waals surface area contributed by atoms with Crippen molar-refractivity contribution in [2.24, 2.45) is 0 Å². The maximum absolute atomic E-state index is 12.6. The molecule has 3 rings (SSSR count). The molecule has 6 nitrogen and oxygen atoms in total. The van der Waals surface area contributed by atoms with Gasteiger partial charge in [-0.15, -0.1) is 0 Å². The molecule has 126 valence electrons. The molecule has 3 aliphatic heterocycles. The zero-order valence-electron chi connectivity index (χ0n) is 13.7. The smallest absolute Gasteiger partial charge is 0.237 e. The van der Waals surface area contributed by atoms with Gasteiger partial charge in [0.05, 0.1) is 19.8 Å². The van der Waals surface area contributed by atoms with Crippen molar-refractivity contribution in [3.63, 3.8) is 0 Å². The number of carbonyl (C=O) groups excluding carboxylic acids is 1. The molecule has 3 heterocycles. The fraction of sp³-hybridized carbons (Fsp3) is 0.938. The van der Waals surface area contributed by atoms with Crippen LogP contribution in [-0.2, 0) is 14.3 Å². The van der Waals surface area contributed by atoms with E-state index in [0.717, 1.165) is 72.0 Å². The van der Waals surface area contributed by atoms with E-state index in [1.807, 2.05) is 0 Å². The molecule has 6 heteroatoms. The third-order valence-corrected chi connectivity index (χ3v) is 5.15. The molecule has 0 radical (unpaired) electrons. The summed E-state index contributed by atoms with van der Waals surface area (Å²) in [6, 6.07) is 0.956. The Kier molecular flexibility index (Phi) is 5.68. The van der Waals surface area contributed by atoms with Gasteiger partial charge in [0.2, 0.25) is 5.91 Å². The zero-order chi connectivity index (χ0) is 15.4. The molecule has 0 aliphatic carbocycles. The fourth-order valence-electron chi connectivity index (χ4n) is 3.78. The predicted octanol–water partition coefficient (Wildman–Crippen LogP) is 0.0303. The number of ether oxygens (including phenoxy) is 2. The van der Waals surface area contributed by atoms with Crippen LogP contribution in [0, 0.1) is 0 Å². The van der Waals surface area contributed by atoms with Crippen molar-refractivity contribution in [3.05, 3.63) is 0 Å². The lowest BCUT2D eigenvalue weighted by atomic mass is 10.0. The molecule has 22 heavy (non-hydrogen) atoms. The number of amides is 1. The minimum atomic E-state index is 0.279. The second-order valence-electron chi connectivity index (χ2n) is 6.66. The zero-order valence-corrected chi connectivity index (χ0v) is 13.7. The summed E-state index contributed by atoms with van der Waals surface area (Å²) in [7, 11) is 0. The van der Waals surface area contributed by atoms with Crippen LogP contribution in [0.25, 0.3) is 0 Å². The van der Waals surface area contributed by atoms with Crippen LogP contribution in [0.4, 0.5) is 0 Å². The van der Waals surface area contributed by atoms with E-state index in [2.05, 4.69) is 21.6 Å². The third-order valence-electron chi connectivity index (χ3n) is 5.15. The van der Waals surface area contributed by atoms with E-state index in [-0.39, 0.29) is 5.91 Å². The van der Waals surface area contributed by atoms with Gasteiger partial charge in [-0.3, -0.25) is 14.6 Å². The normalized spacial score (nSPS) is 29.7. The van der Waals surface area contributed by atoms with Gasteiger partial charge in [0.1, 0.15) is 0 Å². The Bertz CT molecular complexity index is 368. The van der Waals surface area contributed by atoms with E-state index in [4.69, 9.17) is 9.47 Å². The highest BCUT2D eigenvalue weighted by molar-refractivity contribution is 5.78. The third kappa shape index (κ3) is 3.98. The number of carbonyl (C=O) groups is 1. The summed E-state index contributed by atoms with van der Waals surface area (Å²) in [5.74, 6) is 0.279. The summed E-state index contributed by atoms with van der Waals surface area (Å²) in [6.45, 7) is 10.6. The molecule has 1 amide bonds. The monoisotopic (exact) mass is 311 g/mol. The molecular weight excluding hydrogens is 282 g/mol. The highest BCUT2D eigenvalue weighted by Gasteiger charge is 2.32. The van der Waals surface area contributed by atoms with Crippen LogP contribution in [0.5, 0.6) is 0 Å². The lowest BCUT2D eigenvalue weighted by Crippen LogP contribution is -2.58. The Morgan fingerprint density at radius 2 is 1.68 bits per heavy atom. The lowest BCUT2D eigenvalue weighted by molar-refractivity contribution is -0.138. The van der Waals surface area contributed by atoms with Gasteiger partial charge < -0.3 is 14.4 Å². The molecule has 3 saturated heterocycles. The molecule has 0 unspecified atom stereocenters. The highest BCUT2D eigenvalue weighted by Crippen LogP contribution is 2.19. The number of nitrogens with zero attached hydrogens (tertiary/aromatic N) is 3. The van der Waals surface area contributed by atoms with E-state index in [1.165, 1.54) is 0 Å². The number of hydrogen-bond donors (Lipinski definition) is 0. The number of rotatable bonds is 3. The number of hydrogen-bond acceptors (Lipinski definition) is 5. The number of morpholine rings is 1. The molecule has 0 bridgehead atoms. The van der Waals surface area contributed by atoms with Crippen molar-refractivity contribution >= 4 is 5.91 Å². The lowest BCUT2D eigenvalue weighted by Gasteiger charge is -2.44. The maximum Gasteiger partial charge on any atom is 0.237 e. The van der Waals surface area contributed by atoms with Gasteiger partial charge in [-0.1, -0.05) is 0 Å².